The van der Waals surface area contributed by atoms with Crippen LogP contribution in [0.25, 0.3) is 0 Å². The maximum absolute atomic E-state index is 11.6. The summed E-state index contributed by atoms with van der Waals surface area (Å²) in [6, 6.07) is 0. The molecule has 0 bridgehead atoms. The molecule has 19 heavy (non-hydrogen) atoms. The first-order chi connectivity index (χ1) is 9.10. The van der Waals surface area contributed by atoms with Crippen LogP contribution in [-0.2, 0) is 14.3 Å². The molecule has 5 heteroatoms. The minimum atomic E-state index is -0.113. The number of carbonyl (C=O) groups excluding carboxylic acids is 1. The fourth-order valence-electron chi connectivity index (χ4n) is 1.82. The molecule has 0 saturated carbocycles. The standard InChI is InChI=1S/C14H29NO3S/c1-12(2)9-13(11-15)10-14(16)18-5-4-7-19-8-6-17-3/h12-13H,4-11,15H2,1-3H3/t13-/m0/s1. The molecule has 114 valence electrons. The van der Waals surface area contributed by atoms with Gasteiger partial charge in [0.1, 0.15) is 0 Å². The molecule has 0 radical (unpaired) electrons. The largest absolute Gasteiger partial charge is 0.466 e. The normalized spacial score (nSPS) is 12.7. The summed E-state index contributed by atoms with van der Waals surface area (Å²) in [5.74, 6) is 2.71. The fraction of sp³-hybridized carbons (Fsp3) is 0.929. The van der Waals surface area contributed by atoms with Gasteiger partial charge in [-0.2, -0.15) is 11.8 Å². The van der Waals surface area contributed by atoms with Crippen molar-refractivity contribution in [1.82, 2.24) is 0 Å². The van der Waals surface area contributed by atoms with Gasteiger partial charge >= 0.3 is 5.97 Å². The van der Waals surface area contributed by atoms with Crippen molar-refractivity contribution in [2.45, 2.75) is 33.1 Å². The Kier molecular flexibility index (Phi) is 12.6. The number of thioether (sulfide) groups is 1. The molecule has 0 aromatic carbocycles. The molecule has 0 saturated heterocycles. The van der Waals surface area contributed by atoms with Gasteiger partial charge in [-0.25, -0.2) is 0 Å². The van der Waals surface area contributed by atoms with Crippen molar-refractivity contribution in [3.05, 3.63) is 0 Å². The molecular formula is C14H29NO3S. The van der Waals surface area contributed by atoms with Gasteiger partial charge in [-0.15, -0.1) is 0 Å². The number of hydrogen-bond donors (Lipinski definition) is 1. The predicted molar refractivity (Wildman–Crippen MR) is 81.4 cm³/mol. The number of rotatable bonds is 12. The molecule has 2 N–H and O–H groups in total. The number of nitrogens with two attached hydrogens (primary N) is 1. The van der Waals surface area contributed by atoms with Gasteiger partial charge in [0.2, 0.25) is 0 Å². The van der Waals surface area contributed by atoms with Crippen LogP contribution < -0.4 is 5.73 Å². The Hall–Kier alpha value is -0.260. The Morgan fingerprint density at radius 1 is 1.26 bits per heavy atom. The third kappa shape index (κ3) is 12.5. The first kappa shape index (κ1) is 18.7. The fourth-order valence-corrected chi connectivity index (χ4v) is 2.63. The van der Waals surface area contributed by atoms with E-state index in [4.69, 9.17) is 15.2 Å². The lowest BCUT2D eigenvalue weighted by atomic mass is 9.94. The summed E-state index contributed by atoms with van der Waals surface area (Å²) >= 11 is 1.82. The van der Waals surface area contributed by atoms with Crippen LogP contribution in [0.3, 0.4) is 0 Å². The van der Waals surface area contributed by atoms with Crippen molar-refractivity contribution in [3.63, 3.8) is 0 Å². The molecule has 0 unspecified atom stereocenters. The SMILES string of the molecule is COCCSCCCOC(=O)C[C@@H](CN)CC(C)C. The predicted octanol–water partition coefficient (Wildman–Crippen LogP) is 2.31. The lowest BCUT2D eigenvalue weighted by Gasteiger charge is -2.16. The maximum Gasteiger partial charge on any atom is 0.306 e. The van der Waals surface area contributed by atoms with E-state index in [0.717, 1.165) is 31.0 Å². The van der Waals surface area contributed by atoms with E-state index in [2.05, 4.69) is 13.8 Å². The summed E-state index contributed by atoms with van der Waals surface area (Å²) in [4.78, 5) is 11.6. The Balaban J connectivity index is 3.52. The number of carbonyl (C=O) groups is 1. The average molecular weight is 291 g/mol. The summed E-state index contributed by atoms with van der Waals surface area (Å²) < 4.78 is 10.2. The van der Waals surface area contributed by atoms with Gasteiger partial charge in [-0.1, -0.05) is 13.8 Å². The maximum atomic E-state index is 11.6. The molecule has 0 amide bonds. The van der Waals surface area contributed by atoms with Gasteiger partial charge in [-0.05, 0) is 37.0 Å². The van der Waals surface area contributed by atoms with Crippen molar-refractivity contribution in [2.24, 2.45) is 17.6 Å². The van der Waals surface area contributed by atoms with Crippen molar-refractivity contribution < 1.29 is 14.3 Å². The monoisotopic (exact) mass is 291 g/mol. The highest BCUT2D eigenvalue weighted by atomic mass is 32.2. The van der Waals surface area contributed by atoms with Crippen LogP contribution >= 0.6 is 11.8 Å². The van der Waals surface area contributed by atoms with E-state index in [1.54, 1.807) is 7.11 Å². The smallest absolute Gasteiger partial charge is 0.306 e. The van der Waals surface area contributed by atoms with Gasteiger partial charge in [0.05, 0.1) is 13.2 Å². The summed E-state index contributed by atoms with van der Waals surface area (Å²) in [7, 11) is 1.70. The highest BCUT2D eigenvalue weighted by Gasteiger charge is 2.14. The second-order valence-electron chi connectivity index (χ2n) is 5.11. The zero-order chi connectivity index (χ0) is 14.5. The zero-order valence-corrected chi connectivity index (χ0v) is 13.3. The zero-order valence-electron chi connectivity index (χ0n) is 12.5. The van der Waals surface area contributed by atoms with Crippen molar-refractivity contribution in [3.8, 4) is 0 Å². The average Bonchev–Trinajstić information content (AvgIpc) is 2.36. The number of ether oxygens (including phenoxy) is 2. The molecule has 0 spiro atoms. The van der Waals surface area contributed by atoms with Gasteiger partial charge in [0, 0.05) is 19.3 Å². The van der Waals surface area contributed by atoms with E-state index < -0.39 is 0 Å². The van der Waals surface area contributed by atoms with Gasteiger partial charge in [0.15, 0.2) is 0 Å². The topological polar surface area (TPSA) is 61.5 Å². The van der Waals surface area contributed by atoms with Crippen molar-refractivity contribution >= 4 is 17.7 Å². The van der Waals surface area contributed by atoms with Crippen LogP contribution in [0.1, 0.15) is 33.1 Å². The molecule has 1 atom stereocenters. The Morgan fingerprint density at radius 2 is 2.00 bits per heavy atom. The third-order valence-corrected chi connectivity index (χ3v) is 3.75. The highest BCUT2D eigenvalue weighted by molar-refractivity contribution is 7.99. The molecule has 0 aliphatic rings. The van der Waals surface area contributed by atoms with Crippen molar-refractivity contribution in [1.29, 1.82) is 0 Å². The molecule has 0 rings (SSSR count). The number of hydrogen-bond acceptors (Lipinski definition) is 5. The Bertz CT molecular complexity index is 225. The van der Waals surface area contributed by atoms with E-state index >= 15 is 0 Å². The molecule has 0 aromatic rings. The van der Waals surface area contributed by atoms with Crippen LogP contribution in [0, 0.1) is 11.8 Å². The summed E-state index contributed by atoms with van der Waals surface area (Å²) in [5.41, 5.74) is 5.67. The van der Waals surface area contributed by atoms with Gasteiger partial charge in [0.25, 0.3) is 0 Å². The van der Waals surface area contributed by atoms with Crippen LogP contribution in [0.2, 0.25) is 0 Å². The lowest BCUT2D eigenvalue weighted by molar-refractivity contribution is -0.144. The molecule has 0 aliphatic carbocycles. The lowest BCUT2D eigenvalue weighted by Crippen LogP contribution is -2.21. The first-order valence-corrected chi connectivity index (χ1v) is 8.18. The third-order valence-electron chi connectivity index (χ3n) is 2.72. The van der Waals surface area contributed by atoms with E-state index in [1.165, 1.54) is 0 Å². The second kappa shape index (κ2) is 12.8. The number of methoxy groups -OCH3 is 1. The first-order valence-electron chi connectivity index (χ1n) is 7.02. The van der Waals surface area contributed by atoms with Crippen LogP contribution in [-0.4, -0.2) is 44.3 Å². The molecule has 0 fully saturated rings. The summed E-state index contributed by atoms with van der Waals surface area (Å²) in [5, 5.41) is 0. The van der Waals surface area contributed by atoms with Crippen molar-refractivity contribution in [2.75, 3.05) is 38.4 Å². The second-order valence-corrected chi connectivity index (χ2v) is 6.34. The molecule has 0 aromatic heterocycles. The minimum absolute atomic E-state index is 0.113. The van der Waals surface area contributed by atoms with E-state index in [1.807, 2.05) is 11.8 Å². The van der Waals surface area contributed by atoms with Crippen LogP contribution in [0.4, 0.5) is 0 Å². The molecule has 4 nitrogen and oxygen atoms in total. The molecule has 0 aliphatic heterocycles. The van der Waals surface area contributed by atoms with Gasteiger partial charge < -0.3 is 15.2 Å². The summed E-state index contributed by atoms with van der Waals surface area (Å²) in [6.07, 6.45) is 2.33. The quantitative estimate of drug-likeness (QED) is 0.441. The molecular weight excluding hydrogens is 262 g/mol. The summed E-state index contributed by atoms with van der Waals surface area (Å²) in [6.45, 7) is 6.13. The highest BCUT2D eigenvalue weighted by Crippen LogP contribution is 2.15. The minimum Gasteiger partial charge on any atom is -0.466 e. The van der Waals surface area contributed by atoms with Crippen LogP contribution in [0.5, 0.6) is 0 Å². The van der Waals surface area contributed by atoms with Gasteiger partial charge in [-0.3, -0.25) is 4.79 Å². The molecule has 0 heterocycles. The number of esters is 1. The Morgan fingerprint density at radius 3 is 2.58 bits per heavy atom. The van der Waals surface area contributed by atoms with E-state index in [-0.39, 0.29) is 11.9 Å². The van der Waals surface area contributed by atoms with E-state index in [9.17, 15) is 4.79 Å². The Labute approximate surface area is 121 Å². The van der Waals surface area contributed by atoms with E-state index in [0.29, 0.717) is 25.5 Å². The van der Waals surface area contributed by atoms with Crippen LogP contribution in [0.15, 0.2) is 0 Å².